The number of carbonyl (C=O) groups excluding carboxylic acids is 1. The molecule has 1 amide bonds. The van der Waals surface area contributed by atoms with Crippen LogP contribution in [0.4, 0.5) is 11.5 Å². The van der Waals surface area contributed by atoms with Gasteiger partial charge in [-0.05, 0) is 55.7 Å². The molecule has 0 fully saturated rings. The van der Waals surface area contributed by atoms with Gasteiger partial charge in [0.1, 0.15) is 5.82 Å². The van der Waals surface area contributed by atoms with E-state index in [0.29, 0.717) is 12.2 Å². The quantitative estimate of drug-likeness (QED) is 0.722. The summed E-state index contributed by atoms with van der Waals surface area (Å²) in [5.41, 5.74) is 2.56. The molecule has 4 nitrogen and oxygen atoms in total. The van der Waals surface area contributed by atoms with Crippen molar-refractivity contribution in [1.82, 2.24) is 4.98 Å². The number of carbonyl (C=O) groups is 1. The first-order valence-corrected chi connectivity index (χ1v) is 9.37. The second kappa shape index (κ2) is 8.64. The van der Waals surface area contributed by atoms with Crippen molar-refractivity contribution in [2.75, 3.05) is 17.2 Å². The van der Waals surface area contributed by atoms with Gasteiger partial charge >= 0.3 is 0 Å². The average Bonchev–Trinajstić information content (AvgIpc) is 3.10. The fourth-order valence-electron chi connectivity index (χ4n) is 2.83. The summed E-state index contributed by atoms with van der Waals surface area (Å²) >= 11 is 1.59. The topological polar surface area (TPSA) is 54.0 Å². The fraction of sp³-hybridized carbons (Fsp3) is 0.368. The molecule has 1 aliphatic rings. The minimum Gasteiger partial charge on any atom is -0.383 e. The number of hydrogen-bond donors (Lipinski definition) is 2. The maximum Gasteiger partial charge on any atom is 0.230 e. The zero-order valence-electron chi connectivity index (χ0n) is 13.8. The summed E-state index contributed by atoms with van der Waals surface area (Å²) in [4.78, 5) is 17.3. The number of allylic oxidation sites excluding steroid dienone is 1. The van der Waals surface area contributed by atoms with Gasteiger partial charge in [-0.1, -0.05) is 17.7 Å². The average molecular weight is 341 g/mol. The minimum atomic E-state index is -0.0325. The third-order valence-corrected chi connectivity index (χ3v) is 4.98. The van der Waals surface area contributed by atoms with Crippen molar-refractivity contribution >= 4 is 28.7 Å². The van der Waals surface area contributed by atoms with Crippen LogP contribution < -0.4 is 10.6 Å². The summed E-state index contributed by atoms with van der Waals surface area (Å²) in [6, 6.07) is 7.72. The zero-order chi connectivity index (χ0) is 16.6. The van der Waals surface area contributed by atoms with Crippen LogP contribution in [0.1, 0.15) is 37.0 Å². The maximum atomic E-state index is 11.9. The molecule has 0 saturated carbocycles. The van der Waals surface area contributed by atoms with Gasteiger partial charge in [0.05, 0.1) is 18.3 Å². The molecule has 0 aliphatic heterocycles. The molecule has 2 aromatic rings. The molecule has 2 heterocycles. The van der Waals surface area contributed by atoms with E-state index in [1.807, 2.05) is 29.6 Å². The number of nitrogens with zero attached hydrogens (tertiary/aromatic N) is 1. The van der Waals surface area contributed by atoms with Crippen LogP contribution in [0, 0.1) is 0 Å². The summed E-state index contributed by atoms with van der Waals surface area (Å²) < 4.78 is 0. The zero-order valence-corrected chi connectivity index (χ0v) is 14.6. The highest BCUT2D eigenvalue weighted by Crippen LogP contribution is 2.20. The normalized spacial score (nSPS) is 14.1. The number of anilines is 2. The third-order valence-electron chi connectivity index (χ3n) is 4.11. The number of rotatable bonds is 7. The summed E-state index contributed by atoms with van der Waals surface area (Å²) in [5.74, 6) is 0.562. The summed E-state index contributed by atoms with van der Waals surface area (Å²) in [6.07, 6.45) is 10.8. The molecule has 0 atom stereocenters. The molecular formula is C19H23N3OS. The first kappa shape index (κ1) is 16.7. The molecule has 126 valence electrons. The van der Waals surface area contributed by atoms with Crippen LogP contribution in [0.25, 0.3) is 0 Å². The van der Waals surface area contributed by atoms with Crippen molar-refractivity contribution in [2.45, 2.75) is 38.5 Å². The van der Waals surface area contributed by atoms with Gasteiger partial charge in [-0.2, -0.15) is 0 Å². The van der Waals surface area contributed by atoms with Gasteiger partial charge in [-0.3, -0.25) is 4.79 Å². The highest BCUT2D eigenvalue weighted by Gasteiger charge is 2.06. The van der Waals surface area contributed by atoms with Crippen LogP contribution in [-0.2, 0) is 11.2 Å². The molecule has 0 saturated heterocycles. The van der Waals surface area contributed by atoms with Gasteiger partial charge in [-0.25, -0.2) is 4.98 Å². The van der Waals surface area contributed by atoms with Crippen LogP contribution in [0.5, 0.6) is 0 Å². The predicted molar refractivity (Wildman–Crippen MR) is 101 cm³/mol. The minimum absolute atomic E-state index is 0.0325. The van der Waals surface area contributed by atoms with E-state index in [1.165, 1.54) is 25.7 Å². The summed E-state index contributed by atoms with van der Waals surface area (Å²) in [6.45, 7) is 0.928. The lowest BCUT2D eigenvalue weighted by atomic mass is 9.97. The number of hydrogen-bond acceptors (Lipinski definition) is 4. The Kier molecular flexibility index (Phi) is 6.01. The van der Waals surface area contributed by atoms with E-state index in [1.54, 1.807) is 23.1 Å². The summed E-state index contributed by atoms with van der Waals surface area (Å²) in [7, 11) is 0. The first-order valence-electron chi connectivity index (χ1n) is 8.50. The highest BCUT2D eigenvalue weighted by molar-refractivity contribution is 7.10. The molecule has 0 aromatic carbocycles. The second-order valence-electron chi connectivity index (χ2n) is 6.02. The first-order chi connectivity index (χ1) is 11.8. The van der Waals surface area contributed by atoms with Crippen LogP contribution in [0.2, 0.25) is 0 Å². The fourth-order valence-corrected chi connectivity index (χ4v) is 3.53. The molecule has 1 aliphatic carbocycles. The molecular weight excluding hydrogens is 318 g/mol. The Labute approximate surface area is 147 Å². The Hall–Kier alpha value is -2.14. The van der Waals surface area contributed by atoms with Gasteiger partial charge in [0.25, 0.3) is 0 Å². The number of pyridine rings is 1. The van der Waals surface area contributed by atoms with Crippen molar-refractivity contribution in [2.24, 2.45) is 0 Å². The van der Waals surface area contributed by atoms with Gasteiger partial charge < -0.3 is 10.6 Å². The molecule has 0 unspecified atom stereocenters. The molecule has 0 bridgehead atoms. The van der Waals surface area contributed by atoms with Crippen LogP contribution in [0.15, 0.2) is 47.5 Å². The van der Waals surface area contributed by atoms with E-state index in [0.717, 1.165) is 23.5 Å². The lowest BCUT2D eigenvalue weighted by Gasteiger charge is -2.13. The molecule has 2 N–H and O–H groups in total. The van der Waals surface area contributed by atoms with Gasteiger partial charge in [0.2, 0.25) is 5.91 Å². The van der Waals surface area contributed by atoms with E-state index >= 15 is 0 Å². The number of amides is 1. The number of thiophene rings is 1. The molecule has 0 spiro atoms. The van der Waals surface area contributed by atoms with Crippen molar-refractivity contribution in [3.63, 3.8) is 0 Å². The molecule has 24 heavy (non-hydrogen) atoms. The van der Waals surface area contributed by atoms with Crippen molar-refractivity contribution in [3.8, 4) is 0 Å². The largest absolute Gasteiger partial charge is 0.383 e. The Morgan fingerprint density at radius 2 is 2.21 bits per heavy atom. The Morgan fingerprint density at radius 1 is 1.25 bits per heavy atom. The second-order valence-corrected chi connectivity index (χ2v) is 7.05. The Bertz CT molecular complexity index is 677. The van der Waals surface area contributed by atoms with Crippen LogP contribution in [0.3, 0.4) is 0 Å². The van der Waals surface area contributed by atoms with E-state index in [2.05, 4.69) is 21.7 Å². The molecule has 3 rings (SSSR count). The smallest absolute Gasteiger partial charge is 0.230 e. The summed E-state index contributed by atoms with van der Waals surface area (Å²) in [5, 5.41) is 8.21. The molecule has 0 radical (unpaired) electrons. The number of aromatic nitrogens is 1. The van der Waals surface area contributed by atoms with E-state index in [-0.39, 0.29) is 5.91 Å². The predicted octanol–water partition coefficient (Wildman–Crippen LogP) is 4.63. The van der Waals surface area contributed by atoms with Gasteiger partial charge in [-0.15, -0.1) is 11.3 Å². The van der Waals surface area contributed by atoms with Crippen molar-refractivity contribution in [1.29, 1.82) is 0 Å². The van der Waals surface area contributed by atoms with E-state index in [4.69, 9.17) is 0 Å². The van der Waals surface area contributed by atoms with Crippen molar-refractivity contribution < 1.29 is 4.79 Å². The van der Waals surface area contributed by atoms with Gasteiger partial charge in [0, 0.05) is 11.4 Å². The van der Waals surface area contributed by atoms with Gasteiger partial charge in [0.15, 0.2) is 0 Å². The SMILES string of the molecule is O=C(Cc1cccs1)Nc1ccc(NCCC2=CCCCC2)cn1. The molecule has 5 heteroatoms. The Morgan fingerprint density at radius 3 is 2.92 bits per heavy atom. The van der Waals surface area contributed by atoms with E-state index < -0.39 is 0 Å². The third kappa shape index (κ3) is 5.20. The monoisotopic (exact) mass is 341 g/mol. The van der Waals surface area contributed by atoms with Crippen LogP contribution in [-0.4, -0.2) is 17.4 Å². The number of nitrogens with one attached hydrogen (secondary N) is 2. The maximum absolute atomic E-state index is 11.9. The Balaban J connectivity index is 1.43. The molecule has 2 aromatic heterocycles. The van der Waals surface area contributed by atoms with Crippen LogP contribution >= 0.6 is 11.3 Å². The standard InChI is InChI=1S/C19H23N3OS/c23-19(13-17-7-4-12-24-17)22-18-9-8-16(14-21-18)20-11-10-15-5-2-1-3-6-15/h4-5,7-9,12,14,20H,1-3,6,10-11,13H2,(H,21,22,23). The van der Waals surface area contributed by atoms with Crippen molar-refractivity contribution in [3.05, 3.63) is 52.4 Å². The lowest BCUT2D eigenvalue weighted by molar-refractivity contribution is -0.115. The lowest BCUT2D eigenvalue weighted by Crippen LogP contribution is -2.14. The van der Waals surface area contributed by atoms with E-state index in [9.17, 15) is 4.79 Å². The highest BCUT2D eigenvalue weighted by atomic mass is 32.1.